The highest BCUT2D eigenvalue weighted by atomic mass is 32.1. The minimum atomic E-state index is 0.731. The molecule has 1 aromatic carbocycles. The lowest BCUT2D eigenvalue weighted by atomic mass is 10.2. The predicted octanol–water partition coefficient (Wildman–Crippen LogP) is 3.89. The van der Waals surface area contributed by atoms with Gasteiger partial charge in [0.05, 0.1) is 12.2 Å². The summed E-state index contributed by atoms with van der Waals surface area (Å²) in [6.07, 6.45) is 1.65. The maximum Gasteiger partial charge on any atom is 0.121 e. The van der Waals surface area contributed by atoms with E-state index in [1.807, 2.05) is 19.9 Å². The van der Waals surface area contributed by atoms with E-state index in [0.717, 1.165) is 30.3 Å². The van der Waals surface area contributed by atoms with Crippen LogP contribution in [-0.4, -0.2) is 18.9 Å². The van der Waals surface area contributed by atoms with Crippen molar-refractivity contribution in [2.24, 2.45) is 10.7 Å². The summed E-state index contributed by atoms with van der Waals surface area (Å²) >= 11 is 1.77. The van der Waals surface area contributed by atoms with E-state index in [0.29, 0.717) is 0 Å². The van der Waals surface area contributed by atoms with E-state index >= 15 is 0 Å². The van der Waals surface area contributed by atoms with Gasteiger partial charge in [-0.3, -0.25) is 4.99 Å². The van der Waals surface area contributed by atoms with Crippen LogP contribution in [0.5, 0.6) is 0 Å². The maximum atomic E-state index is 5.74. The average Bonchev–Trinajstić information content (AvgIpc) is 2.98. The monoisotopic (exact) mass is 312 g/mol. The van der Waals surface area contributed by atoms with Gasteiger partial charge in [0, 0.05) is 23.3 Å². The number of amidine groups is 1. The third-order valence-electron chi connectivity index (χ3n) is 3.62. The lowest BCUT2D eigenvalue weighted by Crippen LogP contribution is -2.36. The fraction of sp³-hybridized carbons (Fsp3) is 0.235. The van der Waals surface area contributed by atoms with Gasteiger partial charge < -0.3 is 16.0 Å². The highest BCUT2D eigenvalue weighted by molar-refractivity contribution is 7.20. The molecule has 1 aliphatic rings. The van der Waals surface area contributed by atoms with Gasteiger partial charge in [0.2, 0.25) is 0 Å². The highest BCUT2D eigenvalue weighted by Crippen LogP contribution is 2.44. The third kappa shape index (κ3) is 2.72. The first-order valence-corrected chi connectivity index (χ1v) is 8.20. The average molecular weight is 312 g/mol. The lowest BCUT2D eigenvalue weighted by molar-refractivity contribution is 1.00. The molecule has 3 rings (SSSR count). The Morgan fingerprint density at radius 2 is 2.18 bits per heavy atom. The van der Waals surface area contributed by atoms with Crippen LogP contribution in [0.1, 0.15) is 13.8 Å². The molecule has 0 atom stereocenters. The summed E-state index contributed by atoms with van der Waals surface area (Å²) in [4.78, 5) is 7.99. The SMILES string of the molecule is CCN=C1CN(/C(C)=C\N)c2sc(-c3ccccc3)cc2N1. The largest absolute Gasteiger partial charge is 0.403 e. The number of aliphatic imine (C=N–C) groups is 1. The van der Waals surface area contributed by atoms with Crippen LogP contribution in [-0.2, 0) is 0 Å². The van der Waals surface area contributed by atoms with Crippen LogP contribution in [0, 0.1) is 0 Å². The Morgan fingerprint density at radius 3 is 2.86 bits per heavy atom. The number of thiophene rings is 1. The summed E-state index contributed by atoms with van der Waals surface area (Å²) in [6, 6.07) is 12.6. The second kappa shape index (κ2) is 6.23. The van der Waals surface area contributed by atoms with E-state index in [1.54, 1.807) is 17.5 Å². The molecule has 4 nitrogen and oxygen atoms in total. The van der Waals surface area contributed by atoms with Gasteiger partial charge in [0.1, 0.15) is 10.8 Å². The van der Waals surface area contributed by atoms with Crippen molar-refractivity contribution < 1.29 is 0 Å². The molecule has 3 N–H and O–H groups in total. The van der Waals surface area contributed by atoms with Gasteiger partial charge in [-0.2, -0.15) is 0 Å². The molecule has 0 aliphatic carbocycles. The van der Waals surface area contributed by atoms with Crippen molar-refractivity contribution in [2.75, 3.05) is 23.3 Å². The molecule has 0 saturated carbocycles. The normalized spacial score (nSPS) is 16.5. The van der Waals surface area contributed by atoms with Crippen molar-refractivity contribution in [2.45, 2.75) is 13.8 Å². The van der Waals surface area contributed by atoms with Crippen LogP contribution < -0.4 is 16.0 Å². The first-order valence-electron chi connectivity index (χ1n) is 7.38. The first kappa shape index (κ1) is 14.7. The van der Waals surface area contributed by atoms with Crippen molar-refractivity contribution in [3.63, 3.8) is 0 Å². The summed E-state index contributed by atoms with van der Waals surface area (Å²) in [7, 11) is 0. The van der Waals surface area contributed by atoms with E-state index < -0.39 is 0 Å². The van der Waals surface area contributed by atoms with Gasteiger partial charge >= 0.3 is 0 Å². The van der Waals surface area contributed by atoms with Crippen molar-refractivity contribution in [3.05, 3.63) is 48.3 Å². The van der Waals surface area contributed by atoms with Gasteiger partial charge in [0.25, 0.3) is 0 Å². The Bertz CT molecular complexity index is 716. The van der Waals surface area contributed by atoms with Gasteiger partial charge in [-0.15, -0.1) is 11.3 Å². The topological polar surface area (TPSA) is 53.6 Å². The fourth-order valence-corrected chi connectivity index (χ4v) is 3.67. The smallest absolute Gasteiger partial charge is 0.121 e. The standard InChI is InChI=1S/C17H20N4S/c1-3-19-16-11-21(12(2)10-18)17-14(20-16)9-15(22-17)13-7-5-4-6-8-13/h4-10H,3,11,18H2,1-2H3,(H,19,20)/b12-10-. The van der Waals surface area contributed by atoms with Gasteiger partial charge in [0.15, 0.2) is 0 Å². The maximum absolute atomic E-state index is 5.74. The molecule has 22 heavy (non-hydrogen) atoms. The predicted molar refractivity (Wildman–Crippen MR) is 96.6 cm³/mol. The van der Waals surface area contributed by atoms with Crippen LogP contribution in [0.2, 0.25) is 0 Å². The molecule has 0 unspecified atom stereocenters. The molecule has 2 aromatic rings. The molecule has 114 valence electrons. The van der Waals surface area contributed by atoms with Crippen molar-refractivity contribution >= 4 is 27.9 Å². The van der Waals surface area contributed by atoms with Crippen LogP contribution >= 0.6 is 11.3 Å². The number of nitrogens with two attached hydrogens (primary N) is 1. The molecule has 1 aromatic heterocycles. The molecule has 1 aliphatic heterocycles. The summed E-state index contributed by atoms with van der Waals surface area (Å²) in [5.74, 6) is 0.980. The molecule has 0 bridgehead atoms. The summed E-state index contributed by atoms with van der Waals surface area (Å²) < 4.78 is 0. The molecule has 0 amide bonds. The van der Waals surface area contributed by atoms with Gasteiger partial charge in [-0.25, -0.2) is 0 Å². The van der Waals surface area contributed by atoms with Crippen LogP contribution in [0.25, 0.3) is 10.4 Å². The molecular formula is C17H20N4S. The number of hydrogen-bond donors (Lipinski definition) is 2. The zero-order valence-electron chi connectivity index (χ0n) is 12.8. The summed E-state index contributed by atoms with van der Waals surface area (Å²) in [5, 5.41) is 4.64. The molecule has 0 radical (unpaired) electrons. The van der Waals surface area contributed by atoms with Crippen molar-refractivity contribution in [1.82, 2.24) is 0 Å². The van der Waals surface area contributed by atoms with Crippen LogP contribution in [0.3, 0.4) is 0 Å². The Balaban J connectivity index is 2.05. The second-order valence-corrected chi connectivity index (χ2v) is 6.17. The van der Waals surface area contributed by atoms with Crippen LogP contribution in [0.15, 0.2) is 53.3 Å². The molecule has 0 spiro atoms. The van der Waals surface area contributed by atoms with E-state index in [-0.39, 0.29) is 0 Å². The number of benzene rings is 1. The molecule has 0 saturated heterocycles. The highest BCUT2D eigenvalue weighted by Gasteiger charge is 2.24. The third-order valence-corrected chi connectivity index (χ3v) is 4.83. The Labute approximate surface area is 135 Å². The van der Waals surface area contributed by atoms with Gasteiger partial charge in [-0.1, -0.05) is 30.3 Å². The number of hydrogen-bond acceptors (Lipinski definition) is 4. The molecule has 5 heteroatoms. The Morgan fingerprint density at radius 1 is 1.41 bits per heavy atom. The summed E-state index contributed by atoms with van der Waals surface area (Å²) in [6.45, 7) is 5.57. The van der Waals surface area contributed by atoms with E-state index in [1.165, 1.54) is 15.4 Å². The zero-order chi connectivity index (χ0) is 15.5. The second-order valence-electron chi connectivity index (χ2n) is 5.14. The summed E-state index contributed by atoms with van der Waals surface area (Å²) in [5.41, 5.74) is 9.10. The number of allylic oxidation sites excluding steroid dienone is 1. The first-order chi connectivity index (χ1) is 10.7. The lowest BCUT2D eigenvalue weighted by Gasteiger charge is -2.30. The van der Waals surface area contributed by atoms with Crippen molar-refractivity contribution in [1.29, 1.82) is 0 Å². The minimum absolute atomic E-state index is 0.731. The van der Waals surface area contributed by atoms with Crippen molar-refractivity contribution in [3.8, 4) is 10.4 Å². The van der Waals surface area contributed by atoms with E-state index in [9.17, 15) is 0 Å². The number of anilines is 2. The number of nitrogens with one attached hydrogen (secondary N) is 1. The number of rotatable bonds is 3. The number of fused-ring (bicyclic) bond motifs is 1. The Hall–Kier alpha value is -2.27. The fourth-order valence-electron chi connectivity index (χ4n) is 2.49. The quantitative estimate of drug-likeness (QED) is 0.904. The molecular weight excluding hydrogens is 292 g/mol. The minimum Gasteiger partial charge on any atom is -0.403 e. The van der Waals surface area contributed by atoms with E-state index in [2.05, 4.69) is 45.5 Å². The molecule has 0 fully saturated rings. The van der Waals surface area contributed by atoms with Gasteiger partial charge in [-0.05, 0) is 25.5 Å². The molecule has 2 heterocycles. The Kier molecular flexibility index (Phi) is 4.15. The number of nitrogens with zero attached hydrogens (tertiary/aromatic N) is 2. The zero-order valence-corrected chi connectivity index (χ0v) is 13.7. The van der Waals surface area contributed by atoms with E-state index in [4.69, 9.17) is 5.73 Å². The van der Waals surface area contributed by atoms with Crippen LogP contribution in [0.4, 0.5) is 10.7 Å².